The molecule has 0 bridgehead atoms. The zero-order valence-electron chi connectivity index (χ0n) is 8.66. The molecule has 0 fully saturated rings. The van der Waals surface area contributed by atoms with Crippen LogP contribution in [-0.4, -0.2) is 5.11 Å². The number of thiophene rings is 1. The summed E-state index contributed by atoms with van der Waals surface area (Å²) in [4.78, 5) is 1.11. The Hall–Kier alpha value is -0.0600. The maximum atomic E-state index is 10.1. The molecule has 1 heterocycles. The Morgan fingerprint density at radius 1 is 1.29 bits per heavy atom. The molecule has 1 nitrogen and oxygen atoms in total. The first-order chi connectivity index (χ1) is 8.06. The predicted molar refractivity (Wildman–Crippen MR) is 77.1 cm³/mol. The van der Waals surface area contributed by atoms with Gasteiger partial charge in [-0.3, -0.25) is 0 Å². The van der Waals surface area contributed by atoms with Gasteiger partial charge in [0.2, 0.25) is 0 Å². The number of aliphatic hydroxyl groups is 1. The fourth-order valence-electron chi connectivity index (χ4n) is 1.53. The molecule has 1 atom stereocenters. The first-order valence-corrected chi connectivity index (χ1v) is 7.35. The number of halogens is 3. The predicted octanol–water partition coefficient (Wildman–Crippen LogP) is 5.09. The number of benzene rings is 1. The molecule has 0 radical (unpaired) electrons. The van der Waals surface area contributed by atoms with Crippen molar-refractivity contribution in [1.29, 1.82) is 0 Å². The van der Waals surface area contributed by atoms with E-state index in [1.807, 2.05) is 11.4 Å². The third-order valence-electron chi connectivity index (χ3n) is 2.34. The number of hydrogen-bond acceptors (Lipinski definition) is 2. The smallest absolute Gasteiger partial charge is 0.0852 e. The van der Waals surface area contributed by atoms with E-state index in [1.165, 1.54) is 0 Å². The van der Waals surface area contributed by atoms with Gasteiger partial charge in [-0.15, -0.1) is 11.3 Å². The van der Waals surface area contributed by atoms with Crippen LogP contribution >= 0.6 is 50.5 Å². The second-order valence-corrected chi connectivity index (χ2v) is 6.37. The van der Waals surface area contributed by atoms with Crippen molar-refractivity contribution in [2.24, 2.45) is 0 Å². The first kappa shape index (κ1) is 13.4. The van der Waals surface area contributed by atoms with Crippen molar-refractivity contribution in [3.05, 3.63) is 54.6 Å². The second-order valence-electron chi connectivity index (χ2n) is 3.62. The highest BCUT2D eigenvalue weighted by Gasteiger charge is 2.13. The van der Waals surface area contributed by atoms with Gasteiger partial charge in [-0.25, -0.2) is 0 Å². The van der Waals surface area contributed by atoms with Crippen LogP contribution in [0.2, 0.25) is 10.0 Å². The Morgan fingerprint density at radius 3 is 2.65 bits per heavy atom. The molecule has 0 spiro atoms. The van der Waals surface area contributed by atoms with Crippen molar-refractivity contribution in [2.75, 3.05) is 0 Å². The molecule has 0 aliphatic carbocycles. The zero-order valence-corrected chi connectivity index (χ0v) is 12.6. The van der Waals surface area contributed by atoms with Crippen LogP contribution in [0.4, 0.5) is 0 Å². The van der Waals surface area contributed by atoms with Gasteiger partial charge >= 0.3 is 0 Å². The minimum Gasteiger partial charge on any atom is -0.388 e. The van der Waals surface area contributed by atoms with E-state index in [9.17, 15) is 5.11 Å². The van der Waals surface area contributed by atoms with Gasteiger partial charge in [0.05, 0.1) is 6.10 Å². The summed E-state index contributed by atoms with van der Waals surface area (Å²) < 4.78 is 1.03. The van der Waals surface area contributed by atoms with E-state index in [0.29, 0.717) is 22.0 Å². The lowest BCUT2D eigenvalue weighted by molar-refractivity contribution is 0.179. The van der Waals surface area contributed by atoms with Gasteiger partial charge in [-0.05, 0) is 39.7 Å². The summed E-state index contributed by atoms with van der Waals surface area (Å²) in [7, 11) is 0. The van der Waals surface area contributed by atoms with Gasteiger partial charge in [-0.1, -0.05) is 29.3 Å². The number of hydrogen-bond donors (Lipinski definition) is 1. The van der Waals surface area contributed by atoms with Crippen LogP contribution in [0.15, 0.2) is 34.1 Å². The lowest BCUT2D eigenvalue weighted by Crippen LogP contribution is -2.01. The molecule has 0 saturated carbocycles. The highest BCUT2D eigenvalue weighted by molar-refractivity contribution is 9.10. The topological polar surface area (TPSA) is 20.2 Å². The quantitative estimate of drug-likeness (QED) is 0.816. The van der Waals surface area contributed by atoms with Crippen molar-refractivity contribution in [1.82, 2.24) is 0 Å². The monoisotopic (exact) mass is 350 g/mol. The molecule has 1 aromatic carbocycles. The maximum Gasteiger partial charge on any atom is 0.0852 e. The molecular formula is C12H9BrCl2OS. The van der Waals surface area contributed by atoms with Crippen LogP contribution < -0.4 is 0 Å². The van der Waals surface area contributed by atoms with E-state index in [2.05, 4.69) is 15.9 Å². The minimum atomic E-state index is -0.606. The van der Waals surface area contributed by atoms with Gasteiger partial charge in [-0.2, -0.15) is 0 Å². The van der Waals surface area contributed by atoms with Crippen molar-refractivity contribution in [3.63, 3.8) is 0 Å². The summed E-state index contributed by atoms with van der Waals surface area (Å²) >= 11 is 16.9. The van der Waals surface area contributed by atoms with E-state index in [-0.39, 0.29) is 0 Å². The van der Waals surface area contributed by atoms with Gasteiger partial charge in [0.25, 0.3) is 0 Å². The molecule has 90 valence electrons. The Kier molecular flexibility index (Phi) is 4.50. The molecular weight excluding hydrogens is 343 g/mol. The van der Waals surface area contributed by atoms with E-state index < -0.39 is 6.10 Å². The molecule has 1 unspecified atom stereocenters. The standard InChI is InChI=1S/C12H9BrCl2OS/c13-7-3-9(17-6-7)5-12(16)10-2-1-8(14)4-11(10)15/h1-4,6,12,16H,5H2. The van der Waals surface area contributed by atoms with Gasteiger partial charge in [0.15, 0.2) is 0 Å². The number of rotatable bonds is 3. The highest BCUT2D eigenvalue weighted by Crippen LogP contribution is 2.30. The highest BCUT2D eigenvalue weighted by atomic mass is 79.9. The van der Waals surface area contributed by atoms with E-state index in [0.717, 1.165) is 9.35 Å². The summed E-state index contributed by atoms with van der Waals surface area (Å²) in [5.74, 6) is 0. The Morgan fingerprint density at radius 2 is 2.06 bits per heavy atom. The first-order valence-electron chi connectivity index (χ1n) is 4.92. The SMILES string of the molecule is OC(Cc1cc(Br)cs1)c1ccc(Cl)cc1Cl. The Labute approximate surface area is 122 Å². The third kappa shape index (κ3) is 3.46. The van der Waals surface area contributed by atoms with Crippen molar-refractivity contribution >= 4 is 50.5 Å². The summed E-state index contributed by atoms with van der Waals surface area (Å²) in [6.45, 7) is 0. The summed E-state index contributed by atoms with van der Waals surface area (Å²) in [6.07, 6.45) is -0.0530. The van der Waals surface area contributed by atoms with Crippen molar-refractivity contribution in [2.45, 2.75) is 12.5 Å². The Bertz CT molecular complexity index is 527. The Balaban J connectivity index is 2.17. The lowest BCUT2D eigenvalue weighted by Gasteiger charge is -2.11. The third-order valence-corrected chi connectivity index (χ3v) is 4.62. The summed E-state index contributed by atoms with van der Waals surface area (Å²) in [6, 6.07) is 7.14. The summed E-state index contributed by atoms with van der Waals surface area (Å²) in [5, 5.41) is 13.2. The van der Waals surface area contributed by atoms with Crippen LogP contribution in [0.25, 0.3) is 0 Å². The zero-order chi connectivity index (χ0) is 12.4. The molecule has 0 aliphatic rings. The van der Waals surface area contributed by atoms with Crippen LogP contribution in [0.1, 0.15) is 16.5 Å². The molecule has 1 N–H and O–H groups in total. The van der Waals surface area contributed by atoms with Crippen LogP contribution in [0, 0.1) is 0 Å². The van der Waals surface area contributed by atoms with Gasteiger partial charge in [0, 0.05) is 31.2 Å². The van der Waals surface area contributed by atoms with E-state index in [1.54, 1.807) is 29.5 Å². The largest absolute Gasteiger partial charge is 0.388 e. The molecule has 5 heteroatoms. The van der Waals surface area contributed by atoms with Crippen molar-refractivity contribution < 1.29 is 5.11 Å². The molecule has 1 aromatic heterocycles. The van der Waals surface area contributed by atoms with E-state index >= 15 is 0 Å². The molecule has 2 rings (SSSR count). The maximum absolute atomic E-state index is 10.1. The molecule has 17 heavy (non-hydrogen) atoms. The van der Waals surface area contributed by atoms with Crippen LogP contribution in [0.3, 0.4) is 0 Å². The van der Waals surface area contributed by atoms with Crippen LogP contribution in [0.5, 0.6) is 0 Å². The lowest BCUT2D eigenvalue weighted by atomic mass is 10.1. The van der Waals surface area contributed by atoms with Gasteiger partial charge < -0.3 is 5.11 Å². The summed E-state index contributed by atoms with van der Waals surface area (Å²) in [5.41, 5.74) is 0.709. The molecule has 2 aromatic rings. The molecule has 0 amide bonds. The fraction of sp³-hybridized carbons (Fsp3) is 0.167. The van der Waals surface area contributed by atoms with Crippen molar-refractivity contribution in [3.8, 4) is 0 Å². The molecule has 0 saturated heterocycles. The minimum absolute atomic E-state index is 0.501. The average Bonchev–Trinajstić information content (AvgIpc) is 2.63. The fourth-order valence-corrected chi connectivity index (χ4v) is 3.56. The average molecular weight is 352 g/mol. The number of aliphatic hydroxyl groups excluding tert-OH is 1. The van der Waals surface area contributed by atoms with Gasteiger partial charge in [0.1, 0.15) is 0 Å². The second kappa shape index (κ2) is 5.72. The molecule has 0 aliphatic heterocycles. The normalized spacial score (nSPS) is 12.7. The van der Waals surface area contributed by atoms with E-state index in [4.69, 9.17) is 23.2 Å². The van der Waals surface area contributed by atoms with Crippen LogP contribution in [-0.2, 0) is 6.42 Å².